The molecular formula is C12H17N3. The van der Waals surface area contributed by atoms with Gasteiger partial charge in [0.2, 0.25) is 0 Å². The first kappa shape index (κ1) is 10.0. The first-order chi connectivity index (χ1) is 6.98. The second-order valence-corrected chi connectivity index (χ2v) is 4.91. The Kier molecular flexibility index (Phi) is 2.18. The van der Waals surface area contributed by atoms with Crippen LogP contribution in [-0.4, -0.2) is 14.5 Å². The van der Waals surface area contributed by atoms with Gasteiger partial charge in [0, 0.05) is 36.6 Å². The topological polar surface area (TPSA) is 33.6 Å². The summed E-state index contributed by atoms with van der Waals surface area (Å²) < 4.78 is 2.10. The van der Waals surface area contributed by atoms with E-state index in [9.17, 15) is 0 Å². The van der Waals surface area contributed by atoms with Crippen molar-refractivity contribution in [3.8, 4) is 11.3 Å². The summed E-state index contributed by atoms with van der Waals surface area (Å²) in [5.74, 6) is 1.11. The fourth-order valence-corrected chi connectivity index (χ4v) is 1.79. The molecule has 0 bridgehead atoms. The Labute approximate surface area is 90.2 Å². The second kappa shape index (κ2) is 3.26. The smallest absolute Gasteiger partial charge is 0.114 e. The Morgan fingerprint density at radius 1 is 1.33 bits per heavy atom. The largest absolute Gasteiger partial charge is 0.367 e. The standard InChI is InChI=1S/C12H17N3/c1-12(2,3)11-14-10(8-15(11)4)9-5-6-13-7-9/h5-8,13H,1-4H3. The number of hydrogen-bond acceptors (Lipinski definition) is 1. The zero-order chi connectivity index (χ0) is 11.1. The molecule has 0 atom stereocenters. The number of aromatic amines is 1. The monoisotopic (exact) mass is 203 g/mol. The van der Waals surface area contributed by atoms with E-state index in [1.165, 1.54) is 0 Å². The van der Waals surface area contributed by atoms with Gasteiger partial charge in [0.05, 0.1) is 5.69 Å². The highest BCUT2D eigenvalue weighted by Gasteiger charge is 2.20. The van der Waals surface area contributed by atoms with Gasteiger partial charge in [0.25, 0.3) is 0 Å². The number of imidazole rings is 1. The molecule has 0 saturated carbocycles. The number of nitrogens with zero attached hydrogens (tertiary/aromatic N) is 2. The molecule has 2 rings (SSSR count). The minimum Gasteiger partial charge on any atom is -0.367 e. The van der Waals surface area contributed by atoms with Gasteiger partial charge in [-0.1, -0.05) is 20.8 Å². The third kappa shape index (κ3) is 1.82. The van der Waals surface area contributed by atoms with Crippen molar-refractivity contribution in [2.45, 2.75) is 26.2 Å². The summed E-state index contributed by atoms with van der Waals surface area (Å²) in [7, 11) is 2.05. The van der Waals surface area contributed by atoms with Gasteiger partial charge in [0.1, 0.15) is 5.82 Å². The fraction of sp³-hybridized carbons (Fsp3) is 0.417. The normalized spacial score (nSPS) is 12.0. The maximum atomic E-state index is 4.67. The van der Waals surface area contributed by atoms with Crippen LogP contribution in [0.3, 0.4) is 0 Å². The first-order valence-corrected chi connectivity index (χ1v) is 5.15. The number of aryl methyl sites for hydroxylation is 1. The zero-order valence-electron chi connectivity index (χ0n) is 9.70. The predicted octanol–water partition coefficient (Wildman–Crippen LogP) is 2.71. The van der Waals surface area contributed by atoms with Crippen molar-refractivity contribution in [2.75, 3.05) is 0 Å². The Morgan fingerprint density at radius 3 is 2.53 bits per heavy atom. The Hall–Kier alpha value is -1.51. The van der Waals surface area contributed by atoms with Gasteiger partial charge in [-0.05, 0) is 6.07 Å². The summed E-state index contributed by atoms with van der Waals surface area (Å²) in [6.45, 7) is 6.53. The summed E-state index contributed by atoms with van der Waals surface area (Å²) in [4.78, 5) is 7.71. The van der Waals surface area contributed by atoms with Crippen LogP contribution in [0.2, 0.25) is 0 Å². The van der Waals surface area contributed by atoms with Gasteiger partial charge in [-0.3, -0.25) is 0 Å². The first-order valence-electron chi connectivity index (χ1n) is 5.15. The van der Waals surface area contributed by atoms with Crippen LogP contribution in [0.1, 0.15) is 26.6 Å². The van der Waals surface area contributed by atoms with E-state index in [1.54, 1.807) is 0 Å². The third-order valence-electron chi connectivity index (χ3n) is 2.44. The van der Waals surface area contributed by atoms with Crippen molar-refractivity contribution in [2.24, 2.45) is 7.05 Å². The van der Waals surface area contributed by atoms with E-state index in [4.69, 9.17) is 0 Å². The molecule has 0 saturated heterocycles. The lowest BCUT2D eigenvalue weighted by atomic mass is 9.96. The minimum atomic E-state index is 0.0866. The van der Waals surface area contributed by atoms with Crippen LogP contribution in [-0.2, 0) is 12.5 Å². The van der Waals surface area contributed by atoms with Gasteiger partial charge in [-0.25, -0.2) is 4.98 Å². The number of nitrogens with one attached hydrogen (secondary N) is 1. The van der Waals surface area contributed by atoms with Gasteiger partial charge in [-0.2, -0.15) is 0 Å². The predicted molar refractivity (Wildman–Crippen MR) is 61.7 cm³/mol. The molecule has 3 heteroatoms. The Bertz CT molecular complexity index is 444. The van der Waals surface area contributed by atoms with Crippen molar-refractivity contribution in [1.82, 2.24) is 14.5 Å². The molecule has 0 aliphatic heterocycles. The van der Waals surface area contributed by atoms with Crippen molar-refractivity contribution in [1.29, 1.82) is 0 Å². The molecule has 0 aliphatic carbocycles. The summed E-state index contributed by atoms with van der Waals surface area (Å²) in [6.07, 6.45) is 5.96. The minimum absolute atomic E-state index is 0.0866. The van der Waals surface area contributed by atoms with E-state index in [0.717, 1.165) is 17.1 Å². The summed E-state index contributed by atoms with van der Waals surface area (Å²) in [6, 6.07) is 2.04. The highest BCUT2D eigenvalue weighted by atomic mass is 15.1. The van der Waals surface area contributed by atoms with E-state index in [1.807, 2.05) is 25.5 Å². The van der Waals surface area contributed by atoms with Crippen LogP contribution in [0.15, 0.2) is 24.7 Å². The van der Waals surface area contributed by atoms with Crippen molar-refractivity contribution < 1.29 is 0 Å². The molecule has 0 fully saturated rings. The molecule has 0 amide bonds. The third-order valence-corrected chi connectivity index (χ3v) is 2.44. The molecule has 1 N–H and O–H groups in total. The number of H-pyrrole nitrogens is 1. The molecule has 3 nitrogen and oxygen atoms in total. The molecular weight excluding hydrogens is 186 g/mol. The highest BCUT2D eigenvalue weighted by molar-refractivity contribution is 5.57. The maximum Gasteiger partial charge on any atom is 0.114 e. The lowest BCUT2D eigenvalue weighted by molar-refractivity contribution is 0.523. The van der Waals surface area contributed by atoms with E-state index in [2.05, 4.69) is 41.5 Å². The molecule has 2 heterocycles. The van der Waals surface area contributed by atoms with Crippen LogP contribution in [0.5, 0.6) is 0 Å². The van der Waals surface area contributed by atoms with Crippen LogP contribution in [0.25, 0.3) is 11.3 Å². The summed E-state index contributed by atoms with van der Waals surface area (Å²) >= 11 is 0. The van der Waals surface area contributed by atoms with E-state index >= 15 is 0 Å². The van der Waals surface area contributed by atoms with Gasteiger partial charge in [-0.15, -0.1) is 0 Å². The average Bonchev–Trinajstić information content (AvgIpc) is 2.68. The van der Waals surface area contributed by atoms with Crippen LogP contribution >= 0.6 is 0 Å². The Balaban J connectivity index is 2.47. The van der Waals surface area contributed by atoms with E-state index in [0.29, 0.717) is 0 Å². The molecule has 2 aromatic heterocycles. The lowest BCUT2D eigenvalue weighted by Gasteiger charge is -2.17. The molecule has 0 unspecified atom stereocenters. The molecule has 0 aromatic carbocycles. The SMILES string of the molecule is Cn1cc(-c2cc[nH]c2)nc1C(C)(C)C. The van der Waals surface area contributed by atoms with Gasteiger partial charge in [0.15, 0.2) is 0 Å². The second-order valence-electron chi connectivity index (χ2n) is 4.91. The quantitative estimate of drug-likeness (QED) is 0.759. The van der Waals surface area contributed by atoms with Crippen molar-refractivity contribution in [3.05, 3.63) is 30.5 Å². The average molecular weight is 203 g/mol. The van der Waals surface area contributed by atoms with Gasteiger partial charge >= 0.3 is 0 Å². The van der Waals surface area contributed by atoms with Gasteiger partial charge < -0.3 is 9.55 Å². The number of hydrogen-bond donors (Lipinski definition) is 1. The molecule has 0 aliphatic rings. The maximum absolute atomic E-state index is 4.67. The summed E-state index contributed by atoms with van der Waals surface area (Å²) in [5, 5.41) is 0. The molecule has 0 spiro atoms. The highest BCUT2D eigenvalue weighted by Crippen LogP contribution is 2.25. The Morgan fingerprint density at radius 2 is 2.07 bits per heavy atom. The van der Waals surface area contributed by atoms with E-state index < -0.39 is 0 Å². The van der Waals surface area contributed by atoms with Crippen molar-refractivity contribution >= 4 is 0 Å². The van der Waals surface area contributed by atoms with E-state index in [-0.39, 0.29) is 5.41 Å². The van der Waals surface area contributed by atoms with Crippen LogP contribution in [0.4, 0.5) is 0 Å². The molecule has 15 heavy (non-hydrogen) atoms. The fourth-order valence-electron chi connectivity index (χ4n) is 1.79. The zero-order valence-corrected chi connectivity index (χ0v) is 9.70. The van der Waals surface area contributed by atoms with Crippen molar-refractivity contribution in [3.63, 3.8) is 0 Å². The molecule has 0 radical (unpaired) electrons. The number of aromatic nitrogens is 3. The summed E-state index contributed by atoms with van der Waals surface area (Å²) in [5.41, 5.74) is 2.26. The van der Waals surface area contributed by atoms with Crippen LogP contribution < -0.4 is 0 Å². The molecule has 2 aromatic rings. The number of rotatable bonds is 1. The van der Waals surface area contributed by atoms with Crippen LogP contribution in [0, 0.1) is 0 Å². The lowest BCUT2D eigenvalue weighted by Crippen LogP contribution is -2.17. The molecule has 80 valence electrons.